The van der Waals surface area contributed by atoms with Gasteiger partial charge < -0.3 is 15.0 Å². The summed E-state index contributed by atoms with van der Waals surface area (Å²) in [6, 6.07) is 21.1. The van der Waals surface area contributed by atoms with Crippen LogP contribution in [0.1, 0.15) is 49.2 Å². The van der Waals surface area contributed by atoms with Gasteiger partial charge in [-0.1, -0.05) is 75.4 Å². The molecule has 0 radical (unpaired) electrons. The van der Waals surface area contributed by atoms with Crippen LogP contribution in [0.15, 0.2) is 78.9 Å². The number of fused-ring (bicyclic) bond motifs is 6. The fraction of sp³-hybridized carbons (Fsp3) is 0.303. The Morgan fingerprint density at radius 2 is 1.69 bits per heavy atom. The second kappa shape index (κ2) is 8.67. The molecule has 3 aliphatic rings. The number of ketones is 2. The molecule has 0 unspecified atom stereocenters. The molecule has 0 saturated carbocycles. The summed E-state index contributed by atoms with van der Waals surface area (Å²) >= 11 is 0. The van der Waals surface area contributed by atoms with E-state index in [4.69, 9.17) is 4.74 Å². The van der Waals surface area contributed by atoms with E-state index < -0.39 is 28.8 Å². The number of allylic oxidation sites excluding steroid dienone is 1. The minimum absolute atomic E-state index is 0.0782. The second-order valence-corrected chi connectivity index (χ2v) is 11.7. The van der Waals surface area contributed by atoms with Crippen LogP contribution in [0.4, 0.5) is 11.4 Å². The number of carbonyl (C=O) groups excluding carboxylic acids is 3. The smallest absolute Gasteiger partial charge is 0.238 e. The average molecular weight is 521 g/mol. The molecule has 0 aromatic heterocycles. The molecule has 3 aromatic carbocycles. The second-order valence-electron chi connectivity index (χ2n) is 11.7. The van der Waals surface area contributed by atoms with Gasteiger partial charge in [0.1, 0.15) is 17.2 Å². The van der Waals surface area contributed by atoms with Crippen molar-refractivity contribution in [3.8, 4) is 5.75 Å². The predicted molar refractivity (Wildman–Crippen MR) is 152 cm³/mol. The standard InChI is InChI=1S/C33H32N2O4/c1-19-17-26-33(23-14-7-8-15-24(23)34-31(33)38)27(29(36)20-11-10-12-21(18-20)39-5)28(30(37)32(2,3)4)35(26)25-16-9-6-13-22(19)25/h6-18,26-28H,1-5H3,(H,34,38)/t26-,27+,28-,33+/m1/s1. The number of ether oxygens (including phenoxy) is 1. The number of hydrogen-bond donors (Lipinski definition) is 1. The van der Waals surface area contributed by atoms with Crippen molar-refractivity contribution in [1.29, 1.82) is 0 Å². The zero-order chi connectivity index (χ0) is 27.7. The number of carbonyl (C=O) groups is 3. The number of nitrogens with zero attached hydrogens (tertiary/aromatic N) is 1. The summed E-state index contributed by atoms with van der Waals surface area (Å²) in [5.41, 5.74) is 2.65. The minimum Gasteiger partial charge on any atom is -0.497 e. The zero-order valence-corrected chi connectivity index (χ0v) is 22.8. The Balaban J connectivity index is 1.70. The van der Waals surface area contributed by atoms with Gasteiger partial charge in [-0.25, -0.2) is 0 Å². The Labute approximate surface area is 228 Å². The summed E-state index contributed by atoms with van der Waals surface area (Å²) in [5, 5.41) is 3.08. The fourth-order valence-corrected chi connectivity index (χ4v) is 6.79. The lowest BCUT2D eigenvalue weighted by atomic mass is 9.63. The van der Waals surface area contributed by atoms with Gasteiger partial charge in [0.15, 0.2) is 11.6 Å². The number of para-hydroxylation sites is 2. The van der Waals surface area contributed by atoms with Crippen LogP contribution in [0.5, 0.6) is 5.75 Å². The molecule has 198 valence electrons. The van der Waals surface area contributed by atoms with Gasteiger partial charge >= 0.3 is 0 Å². The van der Waals surface area contributed by atoms with Gasteiger partial charge in [-0.3, -0.25) is 14.4 Å². The molecule has 3 aliphatic heterocycles. The van der Waals surface area contributed by atoms with Crippen molar-refractivity contribution < 1.29 is 19.1 Å². The molecule has 1 amide bonds. The highest BCUT2D eigenvalue weighted by Crippen LogP contribution is 2.59. The number of benzene rings is 3. The van der Waals surface area contributed by atoms with Crippen LogP contribution in [0.2, 0.25) is 0 Å². The highest BCUT2D eigenvalue weighted by Gasteiger charge is 2.71. The van der Waals surface area contributed by atoms with Crippen molar-refractivity contribution in [1.82, 2.24) is 0 Å². The Hall–Kier alpha value is -4.19. The highest BCUT2D eigenvalue weighted by atomic mass is 16.5. The maximum Gasteiger partial charge on any atom is 0.238 e. The van der Waals surface area contributed by atoms with Gasteiger partial charge in [0.05, 0.1) is 19.1 Å². The van der Waals surface area contributed by atoms with E-state index in [9.17, 15) is 14.4 Å². The molecule has 4 atom stereocenters. The SMILES string of the molecule is COc1cccc(C(=O)[C@@H]2[C@H](C(=O)C(C)(C)C)N3c4ccccc4C(C)=C[C@@H]3[C@]23C(=O)Nc2ccccc23)c1. The summed E-state index contributed by atoms with van der Waals surface area (Å²) in [7, 11) is 1.55. The third-order valence-corrected chi connectivity index (χ3v) is 8.53. The van der Waals surface area contributed by atoms with Crippen LogP contribution in [0.3, 0.4) is 0 Å². The Bertz CT molecular complexity index is 1570. The quantitative estimate of drug-likeness (QED) is 0.449. The van der Waals surface area contributed by atoms with E-state index in [1.165, 1.54) is 0 Å². The number of rotatable bonds is 4. The van der Waals surface area contributed by atoms with E-state index in [0.717, 1.165) is 22.4 Å². The highest BCUT2D eigenvalue weighted by molar-refractivity contribution is 6.17. The summed E-state index contributed by atoms with van der Waals surface area (Å²) in [6.45, 7) is 7.66. The van der Waals surface area contributed by atoms with Crippen molar-refractivity contribution in [2.75, 3.05) is 17.3 Å². The summed E-state index contributed by atoms with van der Waals surface area (Å²) in [6.07, 6.45) is 2.08. The molecule has 1 spiro atoms. The van der Waals surface area contributed by atoms with Crippen LogP contribution < -0.4 is 15.0 Å². The number of methoxy groups -OCH3 is 1. The molecule has 6 nitrogen and oxygen atoms in total. The van der Waals surface area contributed by atoms with Crippen LogP contribution in [-0.2, 0) is 15.0 Å². The van der Waals surface area contributed by atoms with Gasteiger partial charge in [0.25, 0.3) is 0 Å². The third kappa shape index (κ3) is 3.43. The van der Waals surface area contributed by atoms with Gasteiger partial charge in [0, 0.05) is 27.9 Å². The van der Waals surface area contributed by atoms with Crippen molar-refractivity contribution in [2.45, 2.75) is 45.2 Å². The summed E-state index contributed by atoms with van der Waals surface area (Å²) in [5.74, 6) is -1.01. The van der Waals surface area contributed by atoms with Crippen LogP contribution in [0.25, 0.3) is 5.57 Å². The van der Waals surface area contributed by atoms with Crippen LogP contribution >= 0.6 is 0 Å². The summed E-state index contributed by atoms with van der Waals surface area (Å²) in [4.78, 5) is 45.7. The van der Waals surface area contributed by atoms with E-state index in [1.54, 1.807) is 31.4 Å². The lowest BCUT2D eigenvalue weighted by Gasteiger charge is -2.39. The first-order chi connectivity index (χ1) is 18.6. The van der Waals surface area contributed by atoms with Crippen molar-refractivity contribution in [3.63, 3.8) is 0 Å². The topological polar surface area (TPSA) is 75.7 Å². The molecule has 1 fully saturated rings. The zero-order valence-electron chi connectivity index (χ0n) is 22.8. The number of hydrogen-bond acceptors (Lipinski definition) is 5. The number of nitrogens with one attached hydrogen (secondary N) is 1. The normalized spacial score (nSPS) is 24.9. The van der Waals surface area contributed by atoms with Crippen molar-refractivity contribution in [3.05, 3.63) is 95.6 Å². The number of anilines is 2. The molecule has 3 aromatic rings. The molecule has 39 heavy (non-hydrogen) atoms. The maximum atomic E-state index is 14.8. The molecule has 3 heterocycles. The largest absolute Gasteiger partial charge is 0.497 e. The van der Waals surface area contributed by atoms with Crippen LogP contribution in [-0.4, -0.2) is 36.7 Å². The first-order valence-corrected chi connectivity index (χ1v) is 13.3. The lowest BCUT2D eigenvalue weighted by Crippen LogP contribution is -2.51. The van der Waals surface area contributed by atoms with E-state index in [2.05, 4.69) is 16.3 Å². The van der Waals surface area contributed by atoms with Gasteiger partial charge in [-0.05, 0) is 42.3 Å². The Morgan fingerprint density at radius 1 is 0.974 bits per heavy atom. The molecule has 6 rings (SSSR count). The fourth-order valence-electron chi connectivity index (χ4n) is 6.79. The number of amides is 1. The van der Waals surface area contributed by atoms with Gasteiger partial charge in [-0.2, -0.15) is 0 Å². The third-order valence-electron chi connectivity index (χ3n) is 8.53. The first-order valence-electron chi connectivity index (χ1n) is 13.3. The average Bonchev–Trinajstić information content (AvgIpc) is 3.40. The Kier molecular flexibility index (Phi) is 5.58. The van der Waals surface area contributed by atoms with Crippen molar-refractivity contribution >= 4 is 34.4 Å². The minimum atomic E-state index is -1.31. The molecular weight excluding hydrogens is 488 g/mol. The number of Topliss-reactive ketones (excluding diaryl/α,β-unsaturated/α-hetero) is 2. The molecule has 0 aliphatic carbocycles. The van der Waals surface area contributed by atoms with Gasteiger partial charge in [-0.15, -0.1) is 0 Å². The van der Waals surface area contributed by atoms with Gasteiger partial charge in [0.2, 0.25) is 5.91 Å². The molecule has 1 N–H and O–H groups in total. The molecule has 6 heteroatoms. The van der Waals surface area contributed by atoms with E-state index in [1.807, 2.05) is 76.2 Å². The monoisotopic (exact) mass is 520 g/mol. The summed E-state index contributed by atoms with van der Waals surface area (Å²) < 4.78 is 5.43. The molecular formula is C33H32N2O4. The lowest BCUT2D eigenvalue weighted by molar-refractivity contribution is -0.128. The van der Waals surface area contributed by atoms with Crippen molar-refractivity contribution in [2.24, 2.45) is 11.3 Å². The van der Waals surface area contributed by atoms with E-state index in [-0.39, 0.29) is 17.5 Å². The molecule has 0 bridgehead atoms. The maximum absolute atomic E-state index is 14.8. The first kappa shape index (κ1) is 25.1. The predicted octanol–water partition coefficient (Wildman–Crippen LogP) is 5.67. The Morgan fingerprint density at radius 3 is 2.44 bits per heavy atom. The van der Waals surface area contributed by atoms with E-state index in [0.29, 0.717) is 17.0 Å². The van der Waals surface area contributed by atoms with E-state index >= 15 is 0 Å². The van der Waals surface area contributed by atoms with Crippen LogP contribution in [0, 0.1) is 11.3 Å². The molecule has 1 saturated heterocycles.